The predicted octanol–water partition coefficient (Wildman–Crippen LogP) is 2.93. The molecule has 2 saturated heterocycles. The molecule has 0 radical (unpaired) electrons. The number of quaternary nitrogens is 1. The molecule has 3 aliphatic rings. The average molecular weight is 463 g/mol. The fourth-order valence-corrected chi connectivity index (χ4v) is 5.54. The molecule has 1 atom stereocenters. The highest BCUT2D eigenvalue weighted by Gasteiger charge is 2.93. The Labute approximate surface area is 192 Å². The van der Waals surface area contributed by atoms with E-state index in [9.17, 15) is 13.6 Å². The number of hydrogen-bond acceptors (Lipinski definition) is 5. The number of aromatic nitrogens is 3. The first-order valence-electron chi connectivity index (χ1n) is 11.1. The van der Waals surface area contributed by atoms with Crippen LogP contribution >= 0.6 is 0 Å². The molecular formula is C24H21F2N6O2+. The van der Waals surface area contributed by atoms with Crippen LogP contribution in [-0.4, -0.2) is 63.0 Å². The van der Waals surface area contributed by atoms with E-state index in [-0.39, 0.29) is 16.4 Å². The molecule has 3 aliphatic heterocycles. The van der Waals surface area contributed by atoms with Gasteiger partial charge in [0, 0.05) is 23.7 Å². The Morgan fingerprint density at radius 2 is 2.09 bits per heavy atom. The van der Waals surface area contributed by atoms with Crippen LogP contribution in [0.3, 0.4) is 0 Å². The van der Waals surface area contributed by atoms with E-state index < -0.39 is 12.1 Å². The van der Waals surface area contributed by atoms with E-state index in [2.05, 4.69) is 9.97 Å². The molecule has 0 aliphatic carbocycles. The summed E-state index contributed by atoms with van der Waals surface area (Å²) >= 11 is 0. The summed E-state index contributed by atoms with van der Waals surface area (Å²) in [6.45, 7) is -1.06. The third kappa shape index (κ3) is 2.35. The average Bonchev–Trinajstić information content (AvgIpc) is 3.46. The summed E-state index contributed by atoms with van der Waals surface area (Å²) in [5.74, 6) is 0.886. The van der Waals surface area contributed by atoms with Crippen molar-refractivity contribution in [3.05, 3.63) is 65.6 Å². The zero-order valence-corrected chi connectivity index (χ0v) is 18.3. The van der Waals surface area contributed by atoms with Crippen LogP contribution in [0.15, 0.2) is 48.9 Å². The van der Waals surface area contributed by atoms with Gasteiger partial charge in [-0.2, -0.15) is 8.78 Å². The normalized spacial score (nSPS) is 26.4. The van der Waals surface area contributed by atoms with Crippen LogP contribution in [0.1, 0.15) is 27.5 Å². The van der Waals surface area contributed by atoms with Crippen molar-refractivity contribution in [1.82, 2.24) is 19.3 Å². The molecule has 0 spiro atoms. The second-order valence-corrected chi connectivity index (χ2v) is 9.50. The van der Waals surface area contributed by atoms with Crippen molar-refractivity contribution < 1.29 is 22.8 Å². The summed E-state index contributed by atoms with van der Waals surface area (Å²) in [6.07, 6.45) is 3.28. The van der Waals surface area contributed by atoms with Crippen LogP contribution < -0.4 is 10.5 Å². The van der Waals surface area contributed by atoms with Gasteiger partial charge in [0.1, 0.15) is 23.7 Å². The molecule has 1 unspecified atom stereocenters. The lowest BCUT2D eigenvalue weighted by Gasteiger charge is -2.24. The number of halogens is 2. The van der Waals surface area contributed by atoms with Crippen molar-refractivity contribution in [2.45, 2.75) is 18.1 Å². The molecule has 34 heavy (non-hydrogen) atoms. The molecule has 8 nitrogen and oxygen atoms in total. The lowest BCUT2D eigenvalue weighted by atomic mass is 9.98. The monoisotopic (exact) mass is 463 g/mol. The van der Waals surface area contributed by atoms with Gasteiger partial charge in [-0.15, -0.1) is 0 Å². The quantitative estimate of drug-likeness (QED) is 0.286. The van der Waals surface area contributed by atoms with Gasteiger partial charge in [0.15, 0.2) is 13.1 Å². The lowest BCUT2D eigenvalue weighted by molar-refractivity contribution is -0.785. The van der Waals surface area contributed by atoms with Gasteiger partial charge in [-0.3, -0.25) is 9.20 Å². The number of nitrogen functional groups attached to an aromatic ring is 1. The Morgan fingerprint density at radius 3 is 2.85 bits per heavy atom. The van der Waals surface area contributed by atoms with Crippen LogP contribution in [0.25, 0.3) is 16.6 Å². The predicted molar refractivity (Wildman–Crippen MR) is 119 cm³/mol. The molecule has 10 heteroatoms. The van der Waals surface area contributed by atoms with Crippen molar-refractivity contribution >= 4 is 28.3 Å². The van der Waals surface area contributed by atoms with Crippen molar-refractivity contribution in [2.24, 2.45) is 0 Å². The third-order valence-electron chi connectivity index (χ3n) is 7.82. The van der Waals surface area contributed by atoms with Gasteiger partial charge in [-0.05, 0) is 24.3 Å². The fourth-order valence-electron chi connectivity index (χ4n) is 5.54. The number of carbonyl (C=O) groups is 1. The van der Waals surface area contributed by atoms with Crippen molar-refractivity contribution in [3.63, 3.8) is 0 Å². The number of nitrogens with zero attached hydrogens (tertiary/aromatic N) is 5. The molecule has 0 saturated carbocycles. The number of amides is 1. The van der Waals surface area contributed by atoms with Gasteiger partial charge in [0.25, 0.3) is 5.91 Å². The Balaban J connectivity index is 1.18. The van der Waals surface area contributed by atoms with Crippen LogP contribution in [0.2, 0.25) is 0 Å². The smallest absolute Gasteiger partial charge is 0.382 e. The molecule has 2 N–H and O–H groups in total. The highest BCUT2D eigenvalue weighted by molar-refractivity contribution is 5.98. The van der Waals surface area contributed by atoms with Crippen LogP contribution in [0.4, 0.5) is 14.6 Å². The van der Waals surface area contributed by atoms with E-state index in [1.54, 1.807) is 42.7 Å². The van der Waals surface area contributed by atoms with Gasteiger partial charge < -0.3 is 15.4 Å². The molecule has 7 rings (SSSR count). The molecule has 1 amide bonds. The van der Waals surface area contributed by atoms with E-state index in [1.165, 1.54) is 0 Å². The largest absolute Gasteiger partial charge is 0.491 e. The van der Waals surface area contributed by atoms with Gasteiger partial charge in [0.2, 0.25) is 5.54 Å². The SMILES string of the molecule is CN(C(=O)c1ccc2nc(N)c3cncn3c2c1)C1COc2cc(C34C[N+]3(C(F)F)C4)ccc21. The number of rotatable bonds is 4. The lowest BCUT2D eigenvalue weighted by Crippen LogP contribution is -2.32. The van der Waals surface area contributed by atoms with Crippen molar-refractivity contribution in [2.75, 3.05) is 32.5 Å². The minimum absolute atomic E-state index is 0.125. The first-order chi connectivity index (χ1) is 16.3. The van der Waals surface area contributed by atoms with Gasteiger partial charge >= 0.3 is 6.55 Å². The summed E-state index contributed by atoms with van der Waals surface area (Å²) in [6, 6.07) is 10.7. The van der Waals surface area contributed by atoms with E-state index in [0.29, 0.717) is 47.9 Å². The van der Waals surface area contributed by atoms with Crippen LogP contribution in [0, 0.1) is 0 Å². The molecule has 4 aromatic rings. The molecule has 172 valence electrons. The number of fused-ring (bicyclic) bond motifs is 5. The van der Waals surface area contributed by atoms with Crippen molar-refractivity contribution in [3.8, 4) is 5.75 Å². The number of alkyl halides is 2. The minimum Gasteiger partial charge on any atom is -0.491 e. The topological polar surface area (TPSA) is 85.8 Å². The maximum absolute atomic E-state index is 13.4. The van der Waals surface area contributed by atoms with Gasteiger partial charge in [-0.25, -0.2) is 14.5 Å². The Bertz CT molecular complexity index is 1530. The number of imidazole rings is 1. The summed E-state index contributed by atoms with van der Waals surface area (Å²) in [5.41, 5.74) is 9.95. The maximum atomic E-state index is 13.4. The Morgan fingerprint density at radius 1 is 1.26 bits per heavy atom. The van der Waals surface area contributed by atoms with Crippen LogP contribution in [0.5, 0.6) is 5.75 Å². The summed E-state index contributed by atoms with van der Waals surface area (Å²) < 4.78 is 34.3. The number of carbonyl (C=O) groups excluding carboxylic acids is 1. The first-order valence-corrected chi connectivity index (χ1v) is 11.1. The number of nitrogens with two attached hydrogens (primary N) is 1. The van der Waals surface area contributed by atoms with Crippen LogP contribution in [-0.2, 0) is 5.54 Å². The van der Waals surface area contributed by atoms with Gasteiger partial charge in [-0.1, -0.05) is 12.1 Å². The maximum Gasteiger partial charge on any atom is 0.382 e. The number of benzene rings is 2. The van der Waals surface area contributed by atoms with E-state index in [4.69, 9.17) is 10.5 Å². The second kappa shape index (κ2) is 6.20. The number of anilines is 1. The summed E-state index contributed by atoms with van der Waals surface area (Å²) in [7, 11) is 1.75. The second-order valence-electron chi connectivity index (χ2n) is 9.50. The third-order valence-corrected chi connectivity index (χ3v) is 7.82. The van der Waals surface area contributed by atoms with E-state index in [1.807, 2.05) is 22.6 Å². The fraction of sp³-hybridized carbons (Fsp3) is 0.292. The number of hydrogen-bond donors (Lipinski definition) is 1. The molecule has 2 fully saturated rings. The highest BCUT2D eigenvalue weighted by atomic mass is 19.3. The zero-order valence-electron chi connectivity index (χ0n) is 18.3. The molecule has 2 aromatic heterocycles. The highest BCUT2D eigenvalue weighted by Crippen LogP contribution is 2.69. The minimum atomic E-state index is -2.34. The number of likely N-dealkylation sites (N-methyl/N-ethyl adjacent to an activating group) is 1. The molecule has 0 bridgehead atoms. The van der Waals surface area contributed by atoms with E-state index >= 15 is 0 Å². The van der Waals surface area contributed by atoms with E-state index in [0.717, 1.165) is 16.6 Å². The summed E-state index contributed by atoms with van der Waals surface area (Å²) in [5, 5.41) is 0. The Hall–Kier alpha value is -3.79. The molecular weight excluding hydrogens is 442 g/mol. The van der Waals surface area contributed by atoms with Crippen molar-refractivity contribution in [1.29, 1.82) is 0 Å². The summed E-state index contributed by atoms with van der Waals surface area (Å²) in [4.78, 5) is 23.6. The molecule has 5 heterocycles. The first kappa shape index (κ1) is 19.7. The zero-order chi connectivity index (χ0) is 23.4. The standard InChI is InChI=1S/C24H20F2N6O2/c1-30(22(33)13-2-5-16-17(6-13)31-12-28-8-18(31)21(27)29-16)19-9-34-20-7-14(3-4-15(19)20)24-10-32(24,11-24)23(25)26/h2-8,12,19,23H,9-11H2,1H3,(H-,27,29,33)/p+1. The number of ether oxygens (including phenoxy) is 1. The Kier molecular flexibility index (Phi) is 3.59. The molecule has 2 aromatic carbocycles. The van der Waals surface area contributed by atoms with Gasteiger partial charge in [0.05, 0.1) is 29.6 Å².